The maximum Gasteiger partial charge on any atom is 0.319 e. The second kappa shape index (κ2) is 9.17. The summed E-state index contributed by atoms with van der Waals surface area (Å²) in [5.41, 5.74) is 1.80. The number of aromatic nitrogens is 1. The number of hydrogen-bond acceptors (Lipinski definition) is 5. The van der Waals surface area contributed by atoms with Crippen molar-refractivity contribution < 1.29 is 14.3 Å². The van der Waals surface area contributed by atoms with Gasteiger partial charge in [0.1, 0.15) is 5.75 Å². The third-order valence-corrected chi connectivity index (χ3v) is 4.36. The van der Waals surface area contributed by atoms with Crippen molar-refractivity contribution in [1.82, 2.24) is 15.2 Å². The minimum absolute atomic E-state index is 0.0736. The molecule has 3 rings (SSSR count). The minimum Gasteiger partial charge on any atom is -0.497 e. The highest BCUT2D eigenvalue weighted by Gasteiger charge is 2.23. The molecule has 7 heteroatoms. The Hall–Kier alpha value is -2.64. The summed E-state index contributed by atoms with van der Waals surface area (Å²) in [6.45, 7) is 3.58. The summed E-state index contributed by atoms with van der Waals surface area (Å²) in [4.78, 5) is 18.5. The quantitative estimate of drug-likeness (QED) is 0.831. The molecule has 0 radical (unpaired) electrons. The van der Waals surface area contributed by atoms with Gasteiger partial charge in [-0.3, -0.25) is 9.88 Å². The fourth-order valence-electron chi connectivity index (χ4n) is 2.97. The lowest BCUT2D eigenvalue weighted by Crippen LogP contribution is -2.44. The normalized spacial score (nSPS) is 15.9. The zero-order chi connectivity index (χ0) is 18.2. The van der Waals surface area contributed by atoms with Crippen LogP contribution in [0.15, 0.2) is 48.8 Å². The van der Waals surface area contributed by atoms with E-state index in [-0.39, 0.29) is 12.1 Å². The number of nitrogens with zero attached hydrogens (tertiary/aromatic N) is 2. The zero-order valence-electron chi connectivity index (χ0n) is 14.9. The molecule has 2 amide bonds. The number of methoxy groups -OCH3 is 1. The van der Waals surface area contributed by atoms with Crippen molar-refractivity contribution in [2.24, 2.45) is 0 Å². The van der Waals surface area contributed by atoms with Gasteiger partial charge in [-0.1, -0.05) is 12.1 Å². The summed E-state index contributed by atoms with van der Waals surface area (Å²) in [5.74, 6) is 0.816. The van der Waals surface area contributed by atoms with Crippen molar-refractivity contribution in [1.29, 1.82) is 0 Å². The summed E-state index contributed by atoms with van der Waals surface area (Å²) in [7, 11) is 1.65. The highest BCUT2D eigenvalue weighted by molar-refractivity contribution is 5.88. The van der Waals surface area contributed by atoms with E-state index in [0.29, 0.717) is 25.4 Å². The molecule has 1 fully saturated rings. The highest BCUT2D eigenvalue weighted by Crippen LogP contribution is 2.23. The van der Waals surface area contributed by atoms with Crippen molar-refractivity contribution in [2.75, 3.05) is 45.3 Å². The number of amides is 2. The van der Waals surface area contributed by atoms with E-state index in [1.165, 1.54) is 0 Å². The third kappa shape index (κ3) is 4.93. The van der Waals surface area contributed by atoms with Crippen LogP contribution in [0.1, 0.15) is 11.6 Å². The number of anilines is 1. The Balaban J connectivity index is 1.65. The second-order valence-corrected chi connectivity index (χ2v) is 6.01. The number of pyridine rings is 1. The van der Waals surface area contributed by atoms with Gasteiger partial charge in [0.15, 0.2) is 0 Å². The summed E-state index contributed by atoms with van der Waals surface area (Å²) in [6, 6.07) is 11.4. The number of carbonyl (C=O) groups is 1. The van der Waals surface area contributed by atoms with Crippen LogP contribution in [0.3, 0.4) is 0 Å². The first-order valence-electron chi connectivity index (χ1n) is 8.67. The first kappa shape index (κ1) is 18.2. The molecule has 1 aromatic carbocycles. The van der Waals surface area contributed by atoms with Crippen molar-refractivity contribution in [2.45, 2.75) is 6.04 Å². The van der Waals surface area contributed by atoms with Crippen molar-refractivity contribution in [3.63, 3.8) is 0 Å². The van der Waals surface area contributed by atoms with Crippen LogP contribution in [-0.4, -0.2) is 55.9 Å². The summed E-state index contributed by atoms with van der Waals surface area (Å²) in [6.07, 6.45) is 3.28. The number of morpholine rings is 1. The molecule has 26 heavy (non-hydrogen) atoms. The fraction of sp³-hybridized carbons (Fsp3) is 0.368. The van der Waals surface area contributed by atoms with E-state index in [2.05, 4.69) is 20.5 Å². The summed E-state index contributed by atoms with van der Waals surface area (Å²) in [5, 5.41) is 5.76. The Morgan fingerprint density at radius 1 is 1.27 bits per heavy atom. The van der Waals surface area contributed by atoms with Gasteiger partial charge in [0, 0.05) is 25.8 Å². The smallest absolute Gasteiger partial charge is 0.319 e. The first-order chi connectivity index (χ1) is 12.8. The number of hydrogen-bond donors (Lipinski definition) is 2. The van der Waals surface area contributed by atoms with Gasteiger partial charge in [-0.25, -0.2) is 4.79 Å². The van der Waals surface area contributed by atoms with Gasteiger partial charge in [0.2, 0.25) is 0 Å². The molecule has 1 aromatic heterocycles. The van der Waals surface area contributed by atoms with E-state index < -0.39 is 0 Å². The Kier molecular flexibility index (Phi) is 6.40. The molecular weight excluding hydrogens is 332 g/mol. The van der Waals surface area contributed by atoms with Gasteiger partial charge in [0.25, 0.3) is 0 Å². The Morgan fingerprint density at radius 2 is 2.04 bits per heavy atom. The number of urea groups is 1. The minimum atomic E-state index is -0.246. The van der Waals surface area contributed by atoms with Crippen molar-refractivity contribution in [3.05, 3.63) is 54.4 Å². The van der Waals surface area contributed by atoms with Gasteiger partial charge in [-0.15, -0.1) is 0 Å². The van der Waals surface area contributed by atoms with E-state index in [0.717, 1.165) is 24.4 Å². The third-order valence-electron chi connectivity index (χ3n) is 4.36. The molecule has 1 aliphatic heterocycles. The molecule has 1 aliphatic rings. The number of carbonyl (C=O) groups excluding carboxylic acids is 1. The average molecular weight is 356 g/mol. The molecule has 2 heterocycles. The van der Waals surface area contributed by atoms with E-state index >= 15 is 0 Å². The molecule has 7 nitrogen and oxygen atoms in total. The van der Waals surface area contributed by atoms with Crippen LogP contribution in [0.25, 0.3) is 0 Å². The molecule has 2 N–H and O–H groups in total. The average Bonchev–Trinajstić information content (AvgIpc) is 2.70. The monoisotopic (exact) mass is 356 g/mol. The van der Waals surface area contributed by atoms with E-state index in [9.17, 15) is 4.79 Å². The lowest BCUT2D eigenvalue weighted by atomic mass is 10.0. The molecule has 0 unspecified atom stereocenters. The molecule has 138 valence electrons. The summed E-state index contributed by atoms with van der Waals surface area (Å²) >= 11 is 0. The molecule has 0 aliphatic carbocycles. The van der Waals surface area contributed by atoms with Gasteiger partial charge < -0.3 is 20.1 Å². The Labute approximate surface area is 153 Å². The number of benzene rings is 1. The van der Waals surface area contributed by atoms with Crippen LogP contribution in [0.5, 0.6) is 5.75 Å². The van der Waals surface area contributed by atoms with E-state index in [4.69, 9.17) is 9.47 Å². The van der Waals surface area contributed by atoms with Gasteiger partial charge in [0.05, 0.1) is 38.2 Å². The molecule has 1 saturated heterocycles. The van der Waals surface area contributed by atoms with Gasteiger partial charge in [-0.05, 0) is 29.8 Å². The van der Waals surface area contributed by atoms with Crippen LogP contribution >= 0.6 is 0 Å². The summed E-state index contributed by atoms with van der Waals surface area (Å²) < 4.78 is 10.7. The van der Waals surface area contributed by atoms with E-state index in [1.54, 1.807) is 31.6 Å². The number of ether oxygens (including phenoxy) is 2. The lowest BCUT2D eigenvalue weighted by molar-refractivity contribution is 0.0167. The maximum atomic E-state index is 12.2. The molecular formula is C19H24N4O3. The van der Waals surface area contributed by atoms with Crippen LogP contribution in [0, 0.1) is 0 Å². The van der Waals surface area contributed by atoms with Crippen LogP contribution in [-0.2, 0) is 4.74 Å². The van der Waals surface area contributed by atoms with E-state index in [1.807, 2.05) is 24.3 Å². The van der Waals surface area contributed by atoms with Crippen LogP contribution in [0.4, 0.5) is 10.5 Å². The molecule has 0 saturated carbocycles. The topological polar surface area (TPSA) is 75.7 Å². The molecule has 1 atom stereocenters. The highest BCUT2D eigenvalue weighted by atomic mass is 16.5. The van der Waals surface area contributed by atoms with Crippen molar-refractivity contribution >= 4 is 11.7 Å². The largest absolute Gasteiger partial charge is 0.497 e. The Morgan fingerprint density at radius 3 is 2.69 bits per heavy atom. The van der Waals surface area contributed by atoms with Crippen LogP contribution < -0.4 is 15.4 Å². The number of nitrogens with one attached hydrogen (secondary N) is 2. The second-order valence-electron chi connectivity index (χ2n) is 6.01. The van der Waals surface area contributed by atoms with Gasteiger partial charge in [-0.2, -0.15) is 0 Å². The Bertz CT molecular complexity index is 688. The van der Waals surface area contributed by atoms with Crippen LogP contribution in [0.2, 0.25) is 0 Å². The number of rotatable bonds is 6. The first-order valence-corrected chi connectivity index (χ1v) is 8.67. The standard InChI is InChI=1S/C19H24N4O3/c1-25-17-6-4-15(5-7-17)18(23-9-11-26-12-10-23)14-21-19(24)22-16-3-2-8-20-13-16/h2-8,13,18H,9-12,14H2,1H3,(H2,21,22,24)/t18-/m1/s1. The van der Waals surface area contributed by atoms with Crippen molar-refractivity contribution in [3.8, 4) is 5.75 Å². The SMILES string of the molecule is COc1ccc([C@@H](CNC(=O)Nc2cccnc2)N2CCOCC2)cc1. The fourth-order valence-corrected chi connectivity index (χ4v) is 2.97. The maximum absolute atomic E-state index is 12.2. The molecule has 0 bridgehead atoms. The van der Waals surface area contributed by atoms with Gasteiger partial charge >= 0.3 is 6.03 Å². The predicted octanol–water partition coefficient (Wildman–Crippen LogP) is 2.29. The lowest BCUT2D eigenvalue weighted by Gasteiger charge is -2.35. The molecule has 0 spiro atoms. The zero-order valence-corrected chi connectivity index (χ0v) is 14.9. The molecule has 2 aromatic rings. The predicted molar refractivity (Wildman–Crippen MR) is 99.4 cm³/mol.